The van der Waals surface area contributed by atoms with Gasteiger partial charge in [-0.3, -0.25) is 4.99 Å². The molecule has 0 radical (unpaired) electrons. The van der Waals surface area contributed by atoms with Crippen LogP contribution in [-0.2, 0) is 14.2 Å². The topological polar surface area (TPSA) is 64.1 Å². The molecule has 0 bridgehead atoms. The van der Waals surface area contributed by atoms with Crippen molar-refractivity contribution in [2.45, 2.75) is 70.4 Å². The number of fused-ring (bicyclic) bond motifs is 2. The molecule has 2 aliphatic heterocycles. The molecule has 2 N–H and O–H groups in total. The van der Waals surface area contributed by atoms with Crippen LogP contribution in [0.2, 0.25) is 0 Å². The molecule has 2 saturated heterocycles. The molecule has 2 heterocycles. The third-order valence-electron chi connectivity index (χ3n) is 7.33. The third-order valence-corrected chi connectivity index (χ3v) is 7.33. The molecule has 168 valence electrons. The van der Waals surface area contributed by atoms with E-state index in [9.17, 15) is 0 Å². The minimum Gasteiger partial charge on any atom is -0.381 e. The van der Waals surface area contributed by atoms with Crippen LogP contribution in [0.4, 0.5) is 0 Å². The highest BCUT2D eigenvalue weighted by Gasteiger charge is 2.65. The zero-order valence-corrected chi connectivity index (χ0v) is 20.3. The smallest absolute Gasteiger partial charge is 0.191 e. The molecular formula is C22H40IN3O3. The van der Waals surface area contributed by atoms with Crippen molar-refractivity contribution in [3.8, 4) is 0 Å². The number of aliphatic imine (C=N–C) groups is 1. The van der Waals surface area contributed by atoms with E-state index in [0.717, 1.165) is 71.3 Å². The number of rotatable bonds is 8. The first-order valence-electron chi connectivity index (χ1n) is 11.7. The Morgan fingerprint density at radius 1 is 1.14 bits per heavy atom. The van der Waals surface area contributed by atoms with Gasteiger partial charge in [0.1, 0.15) is 0 Å². The molecule has 29 heavy (non-hydrogen) atoms. The Balaban J connectivity index is 0.00000240. The number of halogens is 1. The number of ether oxygens (including phenoxy) is 3. The van der Waals surface area contributed by atoms with Gasteiger partial charge in [0.05, 0.1) is 6.10 Å². The van der Waals surface area contributed by atoms with Crippen LogP contribution < -0.4 is 10.6 Å². The van der Waals surface area contributed by atoms with Crippen LogP contribution in [0.15, 0.2) is 4.99 Å². The van der Waals surface area contributed by atoms with E-state index in [-0.39, 0.29) is 24.0 Å². The van der Waals surface area contributed by atoms with Gasteiger partial charge >= 0.3 is 0 Å². The lowest BCUT2D eigenvalue weighted by Gasteiger charge is -2.57. The molecule has 0 aromatic carbocycles. The Hall–Kier alpha value is -0.120. The minimum absolute atomic E-state index is 0. The Bertz CT molecular complexity index is 521. The van der Waals surface area contributed by atoms with Crippen molar-refractivity contribution in [3.05, 3.63) is 0 Å². The van der Waals surface area contributed by atoms with Crippen molar-refractivity contribution in [1.82, 2.24) is 10.6 Å². The second kappa shape index (κ2) is 11.5. The third kappa shape index (κ3) is 5.39. The lowest BCUT2D eigenvalue weighted by atomic mass is 9.54. The van der Waals surface area contributed by atoms with Crippen LogP contribution in [0.3, 0.4) is 0 Å². The summed E-state index contributed by atoms with van der Waals surface area (Å²) in [6, 6.07) is 0.532. The van der Waals surface area contributed by atoms with E-state index in [2.05, 4.69) is 17.6 Å². The van der Waals surface area contributed by atoms with E-state index in [1.807, 2.05) is 0 Å². The molecule has 0 aromatic rings. The second-order valence-corrected chi connectivity index (χ2v) is 9.05. The summed E-state index contributed by atoms with van der Waals surface area (Å²) >= 11 is 0. The summed E-state index contributed by atoms with van der Waals surface area (Å²) in [4.78, 5) is 4.84. The second-order valence-electron chi connectivity index (χ2n) is 9.05. The van der Waals surface area contributed by atoms with Gasteiger partial charge in [0.2, 0.25) is 0 Å². The van der Waals surface area contributed by atoms with Gasteiger partial charge < -0.3 is 24.8 Å². The summed E-state index contributed by atoms with van der Waals surface area (Å²) in [6.07, 6.45) is 10.3. The SMILES string of the molecule is CCNC(=NCCCOCC1CCOCC1)NC1C2CCOC2C12CCCC2.I. The molecule has 7 heteroatoms. The van der Waals surface area contributed by atoms with Crippen molar-refractivity contribution < 1.29 is 14.2 Å². The predicted molar refractivity (Wildman–Crippen MR) is 126 cm³/mol. The molecule has 6 nitrogen and oxygen atoms in total. The van der Waals surface area contributed by atoms with Gasteiger partial charge in [-0.25, -0.2) is 0 Å². The van der Waals surface area contributed by atoms with Crippen LogP contribution in [0.1, 0.15) is 58.3 Å². The maximum atomic E-state index is 6.11. The number of hydrogen-bond donors (Lipinski definition) is 2. The zero-order valence-electron chi connectivity index (χ0n) is 18.0. The van der Waals surface area contributed by atoms with Crippen molar-refractivity contribution >= 4 is 29.9 Å². The van der Waals surface area contributed by atoms with Crippen molar-refractivity contribution in [2.75, 3.05) is 46.1 Å². The fourth-order valence-electron chi connectivity index (χ4n) is 5.89. The van der Waals surface area contributed by atoms with Gasteiger partial charge in [-0.15, -0.1) is 24.0 Å². The summed E-state index contributed by atoms with van der Waals surface area (Å²) < 4.78 is 17.4. The van der Waals surface area contributed by atoms with Gasteiger partial charge in [-0.2, -0.15) is 0 Å². The van der Waals surface area contributed by atoms with Gasteiger partial charge in [-0.1, -0.05) is 12.8 Å². The molecule has 0 amide bonds. The van der Waals surface area contributed by atoms with Crippen LogP contribution in [0, 0.1) is 17.3 Å². The molecule has 4 fully saturated rings. The summed E-state index contributed by atoms with van der Waals surface area (Å²) in [5, 5.41) is 7.26. The Labute approximate surface area is 193 Å². The van der Waals surface area contributed by atoms with E-state index in [4.69, 9.17) is 19.2 Å². The van der Waals surface area contributed by atoms with Gasteiger partial charge in [0.25, 0.3) is 0 Å². The monoisotopic (exact) mass is 521 g/mol. The molecule has 4 aliphatic rings. The van der Waals surface area contributed by atoms with Crippen LogP contribution in [0.25, 0.3) is 0 Å². The molecule has 1 spiro atoms. The zero-order chi connectivity index (χ0) is 19.2. The standard InChI is InChI=1S/C22H39N3O3.HI/c1-2-23-21(24-11-5-12-27-16-17-6-13-26-14-7-17)25-19-18-8-15-28-20(18)22(19)9-3-4-10-22;/h17-20H,2-16H2,1H3,(H2,23,24,25);1H. The molecule has 3 atom stereocenters. The fourth-order valence-corrected chi connectivity index (χ4v) is 5.89. The average molecular weight is 521 g/mol. The van der Waals surface area contributed by atoms with Crippen molar-refractivity contribution in [1.29, 1.82) is 0 Å². The highest BCUT2D eigenvalue weighted by atomic mass is 127. The highest BCUT2D eigenvalue weighted by Crippen LogP contribution is 2.60. The molecule has 3 unspecified atom stereocenters. The number of nitrogens with one attached hydrogen (secondary N) is 2. The fraction of sp³-hybridized carbons (Fsp3) is 0.955. The average Bonchev–Trinajstić information content (AvgIpc) is 3.38. The maximum Gasteiger partial charge on any atom is 0.191 e. The number of hydrogen-bond acceptors (Lipinski definition) is 4. The summed E-state index contributed by atoms with van der Waals surface area (Å²) in [5.74, 6) is 2.33. The van der Waals surface area contributed by atoms with Crippen LogP contribution in [-0.4, -0.2) is 64.2 Å². The molecule has 0 aromatic heterocycles. The Morgan fingerprint density at radius 3 is 2.69 bits per heavy atom. The summed E-state index contributed by atoms with van der Waals surface area (Å²) in [6.45, 7) is 8.25. The Morgan fingerprint density at radius 2 is 1.93 bits per heavy atom. The first-order chi connectivity index (χ1) is 13.8. The van der Waals surface area contributed by atoms with Gasteiger partial charge in [0, 0.05) is 63.5 Å². The highest BCUT2D eigenvalue weighted by molar-refractivity contribution is 14.0. The summed E-state index contributed by atoms with van der Waals surface area (Å²) in [5.41, 5.74) is 0.365. The number of guanidine groups is 1. The largest absolute Gasteiger partial charge is 0.381 e. The molecular weight excluding hydrogens is 481 g/mol. The van der Waals surface area contributed by atoms with E-state index < -0.39 is 0 Å². The van der Waals surface area contributed by atoms with E-state index in [0.29, 0.717) is 29.4 Å². The lowest BCUT2D eigenvalue weighted by Crippen LogP contribution is -2.69. The van der Waals surface area contributed by atoms with E-state index in [1.54, 1.807) is 0 Å². The normalized spacial score (nSPS) is 31.2. The van der Waals surface area contributed by atoms with Crippen LogP contribution in [0.5, 0.6) is 0 Å². The molecule has 2 saturated carbocycles. The van der Waals surface area contributed by atoms with E-state index in [1.165, 1.54) is 32.1 Å². The first kappa shape index (κ1) is 23.5. The van der Waals surface area contributed by atoms with Crippen molar-refractivity contribution in [2.24, 2.45) is 22.2 Å². The number of nitrogens with zero attached hydrogens (tertiary/aromatic N) is 1. The maximum absolute atomic E-state index is 6.11. The van der Waals surface area contributed by atoms with Crippen LogP contribution >= 0.6 is 24.0 Å². The van der Waals surface area contributed by atoms with E-state index >= 15 is 0 Å². The minimum atomic E-state index is 0. The van der Waals surface area contributed by atoms with Crippen molar-refractivity contribution in [3.63, 3.8) is 0 Å². The van der Waals surface area contributed by atoms with Gasteiger partial charge in [-0.05, 0) is 51.4 Å². The quantitative estimate of drug-likeness (QED) is 0.222. The van der Waals surface area contributed by atoms with Gasteiger partial charge in [0.15, 0.2) is 5.96 Å². The predicted octanol–water partition coefficient (Wildman–Crippen LogP) is 3.34. The Kier molecular flexibility index (Phi) is 9.32. The lowest BCUT2D eigenvalue weighted by molar-refractivity contribution is -0.125. The first-order valence-corrected chi connectivity index (χ1v) is 11.7. The molecule has 2 aliphatic carbocycles. The summed E-state index contributed by atoms with van der Waals surface area (Å²) in [7, 11) is 0. The molecule has 4 rings (SSSR count).